The van der Waals surface area contributed by atoms with Crippen molar-refractivity contribution in [2.24, 2.45) is 0 Å². The number of benzene rings is 1. The minimum absolute atomic E-state index is 0.301. The van der Waals surface area contributed by atoms with Gasteiger partial charge in [-0.15, -0.1) is 0 Å². The van der Waals surface area contributed by atoms with Crippen LogP contribution in [-0.4, -0.2) is 19.4 Å². The number of amides is 1. The number of nitrogens with zero attached hydrogens (tertiary/aromatic N) is 1. The van der Waals surface area contributed by atoms with Crippen molar-refractivity contribution in [2.75, 3.05) is 19.1 Å². The number of hydrogen-bond donors (Lipinski definition) is 1. The monoisotopic (exact) mass is 239 g/mol. The maximum Gasteiger partial charge on any atom is 0.282 e. The summed E-state index contributed by atoms with van der Waals surface area (Å²) in [6.07, 6.45) is 0. The highest BCUT2D eigenvalue weighted by Crippen LogP contribution is 2.36. The van der Waals surface area contributed by atoms with E-state index >= 15 is 0 Å². The van der Waals surface area contributed by atoms with Gasteiger partial charge in [-0.3, -0.25) is 4.79 Å². The molecule has 0 saturated heterocycles. The SMILES string of the molecule is COc1c(C)c(C)cc(C)c1N(C)C(=O)S. The number of anilines is 1. The van der Waals surface area contributed by atoms with Gasteiger partial charge in [0.05, 0.1) is 12.8 Å². The first-order chi connectivity index (χ1) is 7.40. The lowest BCUT2D eigenvalue weighted by molar-refractivity contribution is 0.266. The number of ether oxygens (including phenoxy) is 1. The summed E-state index contributed by atoms with van der Waals surface area (Å²) >= 11 is 3.83. The van der Waals surface area contributed by atoms with Crippen LogP contribution >= 0.6 is 12.6 Å². The minimum Gasteiger partial charge on any atom is -0.494 e. The predicted molar refractivity (Wildman–Crippen MR) is 70.0 cm³/mol. The van der Waals surface area contributed by atoms with E-state index in [1.165, 1.54) is 4.90 Å². The molecule has 0 aliphatic heterocycles. The van der Waals surface area contributed by atoms with Gasteiger partial charge in [0.2, 0.25) is 0 Å². The van der Waals surface area contributed by atoms with Crippen LogP contribution in [0.1, 0.15) is 16.7 Å². The van der Waals surface area contributed by atoms with E-state index in [0.29, 0.717) is 0 Å². The van der Waals surface area contributed by atoms with Crippen LogP contribution in [0.15, 0.2) is 6.07 Å². The molecular formula is C12H17NO2S. The number of thiol groups is 1. The number of methoxy groups -OCH3 is 1. The maximum absolute atomic E-state index is 11.3. The van der Waals surface area contributed by atoms with Crippen LogP contribution in [0, 0.1) is 20.8 Å². The van der Waals surface area contributed by atoms with Crippen LogP contribution in [-0.2, 0) is 0 Å². The van der Waals surface area contributed by atoms with Crippen molar-refractivity contribution in [3.05, 3.63) is 22.8 Å². The Balaban J connectivity index is 3.48. The zero-order valence-corrected chi connectivity index (χ0v) is 11.2. The molecule has 0 radical (unpaired) electrons. The van der Waals surface area contributed by atoms with E-state index < -0.39 is 0 Å². The summed E-state index contributed by atoms with van der Waals surface area (Å²) < 4.78 is 5.38. The molecule has 1 amide bonds. The smallest absolute Gasteiger partial charge is 0.282 e. The third-order valence-corrected chi connectivity index (χ3v) is 3.08. The topological polar surface area (TPSA) is 29.5 Å². The highest BCUT2D eigenvalue weighted by molar-refractivity contribution is 7.96. The molecule has 0 aliphatic rings. The number of aryl methyl sites for hydroxylation is 2. The lowest BCUT2D eigenvalue weighted by atomic mass is 10.0. The van der Waals surface area contributed by atoms with E-state index in [9.17, 15) is 4.79 Å². The fraction of sp³-hybridized carbons (Fsp3) is 0.417. The number of carbonyl (C=O) groups is 1. The molecule has 3 nitrogen and oxygen atoms in total. The van der Waals surface area contributed by atoms with Crippen LogP contribution in [0.25, 0.3) is 0 Å². The molecule has 16 heavy (non-hydrogen) atoms. The van der Waals surface area contributed by atoms with E-state index in [-0.39, 0.29) is 5.24 Å². The lowest BCUT2D eigenvalue weighted by Gasteiger charge is -2.22. The van der Waals surface area contributed by atoms with Gasteiger partial charge < -0.3 is 9.64 Å². The van der Waals surface area contributed by atoms with Crippen LogP contribution in [0.3, 0.4) is 0 Å². The first kappa shape index (κ1) is 12.9. The molecule has 4 heteroatoms. The lowest BCUT2D eigenvalue weighted by Crippen LogP contribution is -2.22. The Morgan fingerprint density at radius 2 is 1.88 bits per heavy atom. The zero-order valence-electron chi connectivity index (χ0n) is 10.3. The summed E-state index contributed by atoms with van der Waals surface area (Å²) in [6.45, 7) is 5.96. The fourth-order valence-corrected chi connectivity index (χ4v) is 1.90. The standard InChI is InChI=1S/C12H17NO2S/c1-7-6-8(2)10(13(4)12(14)16)11(15-5)9(7)3/h6H,1-5H3,(H,14,16). The van der Waals surface area contributed by atoms with Gasteiger partial charge in [-0.1, -0.05) is 18.7 Å². The molecule has 0 N–H and O–H groups in total. The van der Waals surface area contributed by atoms with Crippen molar-refractivity contribution in [2.45, 2.75) is 20.8 Å². The van der Waals surface area contributed by atoms with Gasteiger partial charge in [0.1, 0.15) is 5.75 Å². The van der Waals surface area contributed by atoms with Gasteiger partial charge in [0.15, 0.2) is 0 Å². The largest absolute Gasteiger partial charge is 0.494 e. The molecule has 0 unspecified atom stereocenters. The van der Waals surface area contributed by atoms with Crippen molar-refractivity contribution in [1.29, 1.82) is 0 Å². The van der Waals surface area contributed by atoms with E-state index in [2.05, 4.69) is 12.6 Å². The maximum atomic E-state index is 11.3. The minimum atomic E-state index is -0.301. The third-order valence-electron chi connectivity index (χ3n) is 2.78. The van der Waals surface area contributed by atoms with Crippen molar-refractivity contribution in [3.63, 3.8) is 0 Å². The van der Waals surface area contributed by atoms with E-state index in [1.54, 1.807) is 14.2 Å². The van der Waals surface area contributed by atoms with Gasteiger partial charge in [-0.05, 0) is 37.5 Å². The predicted octanol–water partition coefficient (Wildman–Crippen LogP) is 3.11. The molecule has 0 aliphatic carbocycles. The molecule has 0 bridgehead atoms. The second-order valence-electron chi connectivity index (χ2n) is 3.86. The highest BCUT2D eigenvalue weighted by Gasteiger charge is 2.18. The zero-order chi connectivity index (χ0) is 12.5. The summed E-state index contributed by atoms with van der Waals surface area (Å²) in [4.78, 5) is 12.8. The first-order valence-electron chi connectivity index (χ1n) is 5.01. The van der Waals surface area contributed by atoms with Crippen LogP contribution < -0.4 is 9.64 Å². The quantitative estimate of drug-likeness (QED) is 0.804. The van der Waals surface area contributed by atoms with Crippen molar-refractivity contribution >= 4 is 23.6 Å². The number of rotatable bonds is 2. The Morgan fingerprint density at radius 1 is 1.31 bits per heavy atom. The van der Waals surface area contributed by atoms with Gasteiger partial charge in [0.25, 0.3) is 5.24 Å². The Kier molecular flexibility index (Phi) is 3.86. The van der Waals surface area contributed by atoms with E-state index in [1.807, 2.05) is 26.8 Å². The number of hydrogen-bond acceptors (Lipinski definition) is 2. The second-order valence-corrected chi connectivity index (χ2v) is 4.24. The summed E-state index contributed by atoms with van der Waals surface area (Å²) in [7, 11) is 3.30. The molecular weight excluding hydrogens is 222 g/mol. The van der Waals surface area contributed by atoms with E-state index in [4.69, 9.17) is 4.74 Å². The third kappa shape index (κ3) is 2.16. The van der Waals surface area contributed by atoms with Crippen molar-refractivity contribution in [1.82, 2.24) is 0 Å². The Morgan fingerprint density at radius 3 is 2.31 bits per heavy atom. The second kappa shape index (κ2) is 4.78. The molecule has 88 valence electrons. The Bertz CT molecular complexity index is 430. The molecule has 0 atom stereocenters. The molecule has 0 aromatic heterocycles. The van der Waals surface area contributed by atoms with Crippen molar-refractivity contribution < 1.29 is 9.53 Å². The van der Waals surface area contributed by atoms with Crippen LogP contribution in [0.2, 0.25) is 0 Å². The molecule has 0 spiro atoms. The van der Waals surface area contributed by atoms with Gasteiger partial charge >= 0.3 is 0 Å². The first-order valence-corrected chi connectivity index (χ1v) is 5.46. The fourth-order valence-electron chi connectivity index (χ4n) is 1.80. The normalized spacial score (nSPS) is 10.1. The van der Waals surface area contributed by atoms with Crippen LogP contribution in [0.4, 0.5) is 10.5 Å². The molecule has 1 aromatic rings. The van der Waals surface area contributed by atoms with Crippen LogP contribution in [0.5, 0.6) is 5.75 Å². The Labute approximate surface area is 102 Å². The Hall–Kier alpha value is -1.16. The van der Waals surface area contributed by atoms with Gasteiger partial charge in [0, 0.05) is 7.05 Å². The summed E-state index contributed by atoms with van der Waals surface area (Å²) in [5.41, 5.74) is 3.98. The van der Waals surface area contributed by atoms with Crippen molar-refractivity contribution in [3.8, 4) is 5.75 Å². The summed E-state index contributed by atoms with van der Waals surface area (Å²) in [5, 5.41) is -0.301. The molecule has 0 fully saturated rings. The molecule has 1 aromatic carbocycles. The molecule has 0 saturated carbocycles. The average Bonchev–Trinajstić information content (AvgIpc) is 2.21. The van der Waals surface area contributed by atoms with Gasteiger partial charge in [-0.25, -0.2) is 0 Å². The summed E-state index contributed by atoms with van der Waals surface area (Å²) in [5.74, 6) is 0.738. The number of carbonyl (C=O) groups excluding carboxylic acids is 1. The van der Waals surface area contributed by atoms with E-state index in [0.717, 1.165) is 28.1 Å². The molecule has 0 heterocycles. The summed E-state index contributed by atoms with van der Waals surface area (Å²) in [6, 6.07) is 2.04. The molecule has 1 rings (SSSR count). The average molecular weight is 239 g/mol. The highest BCUT2D eigenvalue weighted by atomic mass is 32.1. The van der Waals surface area contributed by atoms with Gasteiger partial charge in [-0.2, -0.15) is 0 Å².